The Morgan fingerprint density at radius 1 is 1.26 bits per heavy atom. The number of aliphatic hydroxyl groups excluding tert-OH is 1. The SMILES string of the molecule is CCOC(=O)CCc1ccccc1[C@@H](C)OC[C@H](O)CN1CCC[C@H]1Cc1ccc(C)c(Cl)c1. The fraction of sp³-hybridized carbons (Fsp3) is 0.536. The molecule has 3 atom stereocenters. The van der Waals surface area contributed by atoms with E-state index in [9.17, 15) is 9.90 Å². The third-order valence-electron chi connectivity index (χ3n) is 6.59. The zero-order valence-electron chi connectivity index (χ0n) is 20.6. The van der Waals surface area contributed by atoms with Crippen LogP contribution in [0.5, 0.6) is 0 Å². The Morgan fingerprint density at radius 3 is 2.82 bits per heavy atom. The van der Waals surface area contributed by atoms with Crippen LogP contribution in [0.25, 0.3) is 0 Å². The van der Waals surface area contributed by atoms with Crippen molar-refractivity contribution in [1.29, 1.82) is 0 Å². The Labute approximate surface area is 209 Å². The van der Waals surface area contributed by atoms with Crippen LogP contribution in [0.2, 0.25) is 5.02 Å². The van der Waals surface area contributed by atoms with Crippen LogP contribution in [0, 0.1) is 6.92 Å². The van der Waals surface area contributed by atoms with Gasteiger partial charge in [-0.25, -0.2) is 0 Å². The van der Waals surface area contributed by atoms with Gasteiger partial charge >= 0.3 is 5.97 Å². The summed E-state index contributed by atoms with van der Waals surface area (Å²) in [5.41, 5.74) is 4.47. The third kappa shape index (κ3) is 7.81. The molecule has 186 valence electrons. The second-order valence-electron chi connectivity index (χ2n) is 9.21. The summed E-state index contributed by atoms with van der Waals surface area (Å²) in [5.74, 6) is -0.186. The van der Waals surface area contributed by atoms with Crippen molar-refractivity contribution in [2.24, 2.45) is 0 Å². The predicted octanol–water partition coefficient (Wildman–Crippen LogP) is 5.29. The van der Waals surface area contributed by atoms with Crippen molar-refractivity contribution >= 4 is 17.6 Å². The Hall–Kier alpha value is -1.92. The lowest BCUT2D eigenvalue weighted by atomic mass is 9.99. The maximum Gasteiger partial charge on any atom is 0.306 e. The van der Waals surface area contributed by atoms with Crippen LogP contribution in [0.15, 0.2) is 42.5 Å². The van der Waals surface area contributed by atoms with Gasteiger partial charge in [0.05, 0.1) is 25.4 Å². The molecule has 0 spiro atoms. The van der Waals surface area contributed by atoms with E-state index in [1.54, 1.807) is 0 Å². The van der Waals surface area contributed by atoms with E-state index >= 15 is 0 Å². The topological polar surface area (TPSA) is 59.0 Å². The van der Waals surface area contributed by atoms with E-state index in [-0.39, 0.29) is 18.7 Å². The molecular weight excluding hydrogens is 450 g/mol. The zero-order valence-corrected chi connectivity index (χ0v) is 21.4. The minimum Gasteiger partial charge on any atom is -0.466 e. The minimum atomic E-state index is -0.559. The van der Waals surface area contributed by atoms with Crippen molar-refractivity contribution in [3.05, 3.63) is 69.7 Å². The molecule has 0 bridgehead atoms. The normalized spacial score (nSPS) is 18.1. The smallest absolute Gasteiger partial charge is 0.306 e. The summed E-state index contributed by atoms with van der Waals surface area (Å²) in [6.07, 6.45) is 3.45. The Bertz CT molecular complexity index is 934. The van der Waals surface area contributed by atoms with Crippen LogP contribution in [0.1, 0.15) is 61.5 Å². The highest BCUT2D eigenvalue weighted by Crippen LogP contribution is 2.25. The summed E-state index contributed by atoms with van der Waals surface area (Å²) in [6.45, 7) is 8.09. The number of ether oxygens (including phenoxy) is 2. The Kier molecular flexibility index (Phi) is 10.4. The molecule has 0 aromatic heterocycles. The number of hydrogen-bond acceptors (Lipinski definition) is 5. The first-order chi connectivity index (χ1) is 16.4. The van der Waals surface area contributed by atoms with E-state index in [4.69, 9.17) is 21.1 Å². The summed E-state index contributed by atoms with van der Waals surface area (Å²) in [7, 11) is 0. The lowest BCUT2D eigenvalue weighted by Gasteiger charge is -2.28. The van der Waals surface area contributed by atoms with E-state index in [1.165, 1.54) is 5.56 Å². The van der Waals surface area contributed by atoms with Crippen LogP contribution < -0.4 is 0 Å². The Balaban J connectivity index is 1.50. The number of β-amino-alcohol motifs (C(OH)–C–C–N with tert-alkyl or cyclic N) is 1. The molecule has 34 heavy (non-hydrogen) atoms. The molecule has 1 N–H and O–H groups in total. The van der Waals surface area contributed by atoms with Crippen molar-refractivity contribution in [3.63, 3.8) is 0 Å². The van der Waals surface area contributed by atoms with Crippen LogP contribution in [-0.4, -0.2) is 54.4 Å². The number of carbonyl (C=O) groups is 1. The first-order valence-electron chi connectivity index (χ1n) is 12.4. The summed E-state index contributed by atoms with van der Waals surface area (Å²) >= 11 is 6.31. The van der Waals surface area contributed by atoms with Gasteiger partial charge in [0, 0.05) is 24.0 Å². The summed E-state index contributed by atoms with van der Waals surface area (Å²) < 4.78 is 11.1. The van der Waals surface area contributed by atoms with E-state index in [2.05, 4.69) is 23.1 Å². The maximum absolute atomic E-state index is 11.8. The predicted molar refractivity (Wildman–Crippen MR) is 136 cm³/mol. The number of aryl methyl sites for hydroxylation is 2. The molecule has 1 aliphatic rings. The summed E-state index contributed by atoms with van der Waals surface area (Å²) in [4.78, 5) is 14.1. The number of nitrogens with zero attached hydrogens (tertiary/aromatic N) is 1. The lowest BCUT2D eigenvalue weighted by Crippen LogP contribution is -2.39. The summed E-state index contributed by atoms with van der Waals surface area (Å²) in [5, 5.41) is 11.5. The summed E-state index contributed by atoms with van der Waals surface area (Å²) in [6, 6.07) is 14.7. The highest BCUT2D eigenvalue weighted by molar-refractivity contribution is 6.31. The van der Waals surface area contributed by atoms with Crippen LogP contribution in [-0.2, 0) is 27.1 Å². The average Bonchev–Trinajstić information content (AvgIpc) is 3.25. The van der Waals surface area contributed by atoms with Crippen LogP contribution >= 0.6 is 11.6 Å². The molecular formula is C28H38ClNO4. The molecule has 3 rings (SSSR count). The number of carbonyl (C=O) groups excluding carboxylic acids is 1. The minimum absolute atomic E-state index is 0.169. The monoisotopic (exact) mass is 487 g/mol. The number of likely N-dealkylation sites (tertiary alicyclic amines) is 1. The third-order valence-corrected chi connectivity index (χ3v) is 6.99. The maximum atomic E-state index is 11.8. The second kappa shape index (κ2) is 13.2. The molecule has 1 fully saturated rings. The van der Waals surface area contributed by atoms with Crippen molar-refractivity contribution in [2.75, 3.05) is 26.3 Å². The molecule has 0 unspecified atom stereocenters. The number of halogens is 1. The highest BCUT2D eigenvalue weighted by Gasteiger charge is 2.27. The number of benzene rings is 2. The van der Waals surface area contributed by atoms with E-state index in [1.807, 2.05) is 45.0 Å². The van der Waals surface area contributed by atoms with Gasteiger partial charge in [-0.2, -0.15) is 0 Å². The molecule has 5 nitrogen and oxygen atoms in total. The first kappa shape index (κ1) is 26.7. The number of rotatable bonds is 12. The molecule has 2 aromatic carbocycles. The van der Waals surface area contributed by atoms with Crippen LogP contribution in [0.4, 0.5) is 0 Å². The van der Waals surface area contributed by atoms with Gasteiger partial charge in [0.2, 0.25) is 0 Å². The van der Waals surface area contributed by atoms with Crippen molar-refractivity contribution in [2.45, 2.75) is 71.1 Å². The molecule has 0 amide bonds. The van der Waals surface area contributed by atoms with Gasteiger partial charge in [-0.05, 0) is 81.3 Å². The van der Waals surface area contributed by atoms with E-state index in [0.717, 1.165) is 47.5 Å². The average molecular weight is 488 g/mol. The molecule has 2 aromatic rings. The number of esters is 1. The number of hydrogen-bond donors (Lipinski definition) is 1. The van der Waals surface area contributed by atoms with Gasteiger partial charge < -0.3 is 14.6 Å². The molecule has 1 saturated heterocycles. The van der Waals surface area contributed by atoms with Gasteiger partial charge in [0.1, 0.15) is 0 Å². The van der Waals surface area contributed by atoms with Gasteiger partial charge in [-0.1, -0.05) is 48.0 Å². The fourth-order valence-electron chi connectivity index (χ4n) is 4.70. The molecule has 1 aliphatic heterocycles. The Morgan fingerprint density at radius 2 is 2.06 bits per heavy atom. The number of aliphatic hydroxyl groups is 1. The molecule has 0 aliphatic carbocycles. The van der Waals surface area contributed by atoms with Crippen molar-refractivity contribution in [3.8, 4) is 0 Å². The largest absolute Gasteiger partial charge is 0.466 e. The van der Waals surface area contributed by atoms with Crippen molar-refractivity contribution < 1.29 is 19.4 Å². The van der Waals surface area contributed by atoms with Gasteiger partial charge in [0.15, 0.2) is 0 Å². The quantitative estimate of drug-likeness (QED) is 0.412. The standard InChI is InChI=1S/C28H38ClNO4/c1-4-33-28(32)14-13-23-8-5-6-10-26(23)21(3)34-19-25(31)18-30-15-7-9-24(30)16-22-12-11-20(2)27(29)17-22/h5-6,8,10-12,17,21,24-25,31H,4,7,9,13-16,18-19H2,1-3H3/t21-,24+,25-/m1/s1. The second-order valence-corrected chi connectivity index (χ2v) is 9.62. The molecule has 1 heterocycles. The van der Waals surface area contributed by atoms with Crippen LogP contribution in [0.3, 0.4) is 0 Å². The van der Waals surface area contributed by atoms with Gasteiger partial charge in [-0.3, -0.25) is 9.69 Å². The van der Waals surface area contributed by atoms with E-state index in [0.29, 0.717) is 32.0 Å². The highest BCUT2D eigenvalue weighted by atomic mass is 35.5. The first-order valence-corrected chi connectivity index (χ1v) is 12.8. The molecule has 0 saturated carbocycles. The lowest BCUT2D eigenvalue weighted by molar-refractivity contribution is -0.143. The van der Waals surface area contributed by atoms with Gasteiger partial charge in [-0.15, -0.1) is 0 Å². The van der Waals surface area contributed by atoms with Gasteiger partial charge in [0.25, 0.3) is 0 Å². The molecule has 6 heteroatoms. The fourth-order valence-corrected chi connectivity index (χ4v) is 4.90. The zero-order chi connectivity index (χ0) is 24.5. The van der Waals surface area contributed by atoms with E-state index < -0.39 is 6.10 Å². The van der Waals surface area contributed by atoms with Crippen molar-refractivity contribution in [1.82, 2.24) is 4.90 Å². The molecule has 0 radical (unpaired) electrons.